The van der Waals surface area contributed by atoms with Crippen molar-refractivity contribution in [2.75, 3.05) is 6.61 Å². The van der Waals surface area contributed by atoms with Gasteiger partial charge in [0, 0.05) is 13.0 Å². The quantitative estimate of drug-likeness (QED) is 0.469. The summed E-state index contributed by atoms with van der Waals surface area (Å²) in [5.74, 6) is 0.580. The van der Waals surface area contributed by atoms with Crippen LogP contribution in [-0.4, -0.2) is 18.5 Å². The molecule has 0 heterocycles. The Morgan fingerprint density at radius 2 is 2.09 bits per heavy atom. The van der Waals surface area contributed by atoms with E-state index in [0.717, 1.165) is 6.61 Å². The van der Waals surface area contributed by atoms with Gasteiger partial charge in [0.05, 0.1) is 11.9 Å². The summed E-state index contributed by atoms with van der Waals surface area (Å²) in [7, 11) is 0. The van der Waals surface area contributed by atoms with Crippen LogP contribution in [0.15, 0.2) is 0 Å². The summed E-state index contributed by atoms with van der Waals surface area (Å²) in [6.45, 7) is 6.75. The van der Waals surface area contributed by atoms with E-state index in [2.05, 4.69) is 0 Å². The lowest BCUT2D eigenvalue weighted by Gasteiger charge is -2.18. The van der Waals surface area contributed by atoms with Crippen molar-refractivity contribution in [3.63, 3.8) is 0 Å². The first-order valence-electron chi connectivity index (χ1n) is 4.02. The largest absolute Gasteiger partial charge is 0.388 e. The van der Waals surface area contributed by atoms with E-state index < -0.39 is 0 Å². The van der Waals surface area contributed by atoms with E-state index in [-0.39, 0.29) is 11.9 Å². The Bertz CT molecular complexity index is 125. The molecule has 11 heavy (non-hydrogen) atoms. The molecule has 0 aromatic carbocycles. The highest BCUT2D eigenvalue weighted by Gasteiger charge is 2.12. The Balaban J connectivity index is 3.63. The zero-order valence-corrected chi connectivity index (χ0v) is 7.55. The van der Waals surface area contributed by atoms with Crippen molar-refractivity contribution in [2.24, 2.45) is 11.7 Å². The predicted molar refractivity (Wildman–Crippen MR) is 46.8 cm³/mol. The van der Waals surface area contributed by atoms with Gasteiger partial charge in [-0.1, -0.05) is 6.92 Å². The van der Waals surface area contributed by atoms with E-state index in [4.69, 9.17) is 15.9 Å². The van der Waals surface area contributed by atoms with Gasteiger partial charge in [-0.2, -0.15) is 0 Å². The van der Waals surface area contributed by atoms with Crippen LogP contribution in [0.4, 0.5) is 0 Å². The van der Waals surface area contributed by atoms with Crippen molar-refractivity contribution >= 4 is 5.84 Å². The number of hydrogen-bond acceptors (Lipinski definition) is 2. The molecule has 0 radical (unpaired) electrons. The predicted octanol–water partition coefficient (Wildman–Crippen LogP) is 1.37. The fraction of sp³-hybridized carbons (Fsp3) is 0.875. The first-order chi connectivity index (χ1) is 5.07. The number of hydrogen-bond donors (Lipinski definition) is 2. The maximum atomic E-state index is 7.07. The van der Waals surface area contributed by atoms with Crippen molar-refractivity contribution in [3.8, 4) is 0 Å². The van der Waals surface area contributed by atoms with Crippen molar-refractivity contribution in [1.29, 1.82) is 5.41 Å². The van der Waals surface area contributed by atoms with E-state index in [9.17, 15) is 0 Å². The van der Waals surface area contributed by atoms with Gasteiger partial charge in [0.15, 0.2) is 0 Å². The van der Waals surface area contributed by atoms with Crippen LogP contribution in [0.25, 0.3) is 0 Å². The highest BCUT2D eigenvalue weighted by molar-refractivity contribution is 5.77. The Hall–Kier alpha value is -0.570. The molecule has 0 fully saturated rings. The average molecular weight is 158 g/mol. The van der Waals surface area contributed by atoms with Gasteiger partial charge in [-0.3, -0.25) is 5.41 Å². The molecule has 0 aliphatic heterocycles. The van der Waals surface area contributed by atoms with E-state index in [1.54, 1.807) is 0 Å². The molecule has 2 unspecified atom stereocenters. The first-order valence-corrected chi connectivity index (χ1v) is 4.02. The smallest absolute Gasteiger partial charge is 0.0908 e. The second-order valence-corrected chi connectivity index (χ2v) is 2.87. The normalized spacial score (nSPS) is 15.9. The van der Waals surface area contributed by atoms with Crippen LogP contribution in [0, 0.1) is 11.3 Å². The summed E-state index contributed by atoms with van der Waals surface area (Å²) < 4.78 is 5.35. The first kappa shape index (κ1) is 10.4. The lowest BCUT2D eigenvalue weighted by atomic mass is 10.0. The third-order valence-electron chi connectivity index (χ3n) is 1.77. The molecule has 0 spiro atoms. The maximum Gasteiger partial charge on any atom is 0.0908 e. The average Bonchev–Trinajstić information content (AvgIpc) is 1.86. The molecule has 0 aromatic heterocycles. The molecule has 0 saturated carbocycles. The number of nitrogens with two attached hydrogens (primary N) is 1. The molecule has 0 saturated heterocycles. The van der Waals surface area contributed by atoms with Gasteiger partial charge in [-0.25, -0.2) is 0 Å². The third kappa shape index (κ3) is 4.79. The molecule has 3 heteroatoms. The van der Waals surface area contributed by atoms with Gasteiger partial charge in [-0.15, -0.1) is 0 Å². The van der Waals surface area contributed by atoms with Gasteiger partial charge >= 0.3 is 0 Å². The summed E-state index contributed by atoms with van der Waals surface area (Å²) in [6.07, 6.45) is 0.824. The van der Waals surface area contributed by atoms with Crippen molar-refractivity contribution in [2.45, 2.75) is 33.3 Å². The molecule has 0 aliphatic carbocycles. The molecular formula is C8H18N2O. The van der Waals surface area contributed by atoms with Crippen LogP contribution in [-0.2, 0) is 4.74 Å². The molecule has 0 amide bonds. The minimum atomic E-state index is 0.198. The van der Waals surface area contributed by atoms with E-state index in [1.807, 2.05) is 20.8 Å². The number of rotatable bonds is 5. The van der Waals surface area contributed by atoms with Crippen LogP contribution in [0.2, 0.25) is 0 Å². The van der Waals surface area contributed by atoms with E-state index >= 15 is 0 Å². The Morgan fingerprint density at radius 3 is 2.45 bits per heavy atom. The topological polar surface area (TPSA) is 59.1 Å². The van der Waals surface area contributed by atoms with Crippen LogP contribution >= 0.6 is 0 Å². The number of ether oxygens (including phenoxy) is 1. The monoisotopic (exact) mass is 158 g/mol. The maximum absolute atomic E-state index is 7.07. The molecule has 0 rings (SSSR count). The molecule has 0 aromatic rings. The van der Waals surface area contributed by atoms with Crippen LogP contribution in [0.5, 0.6) is 0 Å². The van der Waals surface area contributed by atoms with Crippen molar-refractivity contribution in [1.82, 2.24) is 0 Å². The van der Waals surface area contributed by atoms with Gasteiger partial charge in [-0.05, 0) is 19.8 Å². The second-order valence-electron chi connectivity index (χ2n) is 2.87. The third-order valence-corrected chi connectivity index (χ3v) is 1.77. The zero-order chi connectivity index (χ0) is 8.85. The number of nitrogens with one attached hydrogen (secondary N) is 1. The van der Waals surface area contributed by atoms with Gasteiger partial charge < -0.3 is 10.5 Å². The molecule has 3 N–H and O–H groups in total. The highest BCUT2D eigenvalue weighted by Crippen LogP contribution is 2.10. The fourth-order valence-electron chi connectivity index (χ4n) is 0.940. The molecular weight excluding hydrogens is 140 g/mol. The Kier molecular flexibility index (Phi) is 4.86. The fourth-order valence-corrected chi connectivity index (χ4v) is 0.940. The second kappa shape index (κ2) is 5.13. The molecule has 2 atom stereocenters. The van der Waals surface area contributed by atoms with E-state index in [1.165, 1.54) is 0 Å². The van der Waals surface area contributed by atoms with Crippen molar-refractivity contribution < 1.29 is 4.74 Å². The lowest BCUT2D eigenvalue weighted by molar-refractivity contribution is 0.0408. The van der Waals surface area contributed by atoms with Gasteiger partial charge in [0.1, 0.15) is 0 Å². The minimum Gasteiger partial charge on any atom is -0.388 e. The van der Waals surface area contributed by atoms with Crippen LogP contribution in [0.1, 0.15) is 27.2 Å². The Labute approximate surface area is 68.4 Å². The molecule has 66 valence electrons. The zero-order valence-electron chi connectivity index (χ0n) is 7.55. The molecule has 0 bridgehead atoms. The lowest BCUT2D eigenvalue weighted by Crippen LogP contribution is -2.23. The highest BCUT2D eigenvalue weighted by atomic mass is 16.5. The summed E-state index contributed by atoms with van der Waals surface area (Å²) >= 11 is 0. The van der Waals surface area contributed by atoms with Crippen molar-refractivity contribution in [3.05, 3.63) is 0 Å². The summed E-state index contributed by atoms with van der Waals surface area (Å²) in [5.41, 5.74) is 5.26. The Morgan fingerprint density at radius 1 is 1.55 bits per heavy atom. The van der Waals surface area contributed by atoms with Crippen LogP contribution < -0.4 is 5.73 Å². The molecule has 3 nitrogen and oxygen atoms in total. The summed E-state index contributed by atoms with van der Waals surface area (Å²) in [5, 5.41) is 7.07. The standard InChI is InChI=1S/C8H18N2O/c1-4-11-7(3)6(2)5-8(9)10/h6-7H,4-5H2,1-3H3,(H3,9,10). The van der Waals surface area contributed by atoms with Crippen LogP contribution in [0.3, 0.4) is 0 Å². The SMILES string of the molecule is CCOC(C)C(C)CC(=N)N. The number of amidine groups is 1. The summed E-state index contributed by atoms with van der Waals surface area (Å²) in [4.78, 5) is 0. The van der Waals surface area contributed by atoms with E-state index in [0.29, 0.717) is 12.3 Å². The molecule has 0 aliphatic rings. The van der Waals surface area contributed by atoms with Gasteiger partial charge in [0.25, 0.3) is 0 Å². The minimum absolute atomic E-state index is 0.198. The van der Waals surface area contributed by atoms with Gasteiger partial charge in [0.2, 0.25) is 0 Å². The summed E-state index contributed by atoms with van der Waals surface area (Å²) in [6, 6.07) is 0.